The zero-order valence-electron chi connectivity index (χ0n) is 28.5. The third-order valence-electron chi connectivity index (χ3n) is 10.7. The average Bonchev–Trinajstić information content (AvgIpc) is 3.73. The van der Waals surface area contributed by atoms with Gasteiger partial charge in [0.05, 0.1) is 32.8 Å². The van der Waals surface area contributed by atoms with Crippen molar-refractivity contribution in [1.82, 2.24) is 9.13 Å². The summed E-state index contributed by atoms with van der Waals surface area (Å²) in [5.74, 6) is 0. The van der Waals surface area contributed by atoms with Gasteiger partial charge in [-0.1, -0.05) is 97.1 Å². The third kappa shape index (κ3) is 4.52. The number of fused-ring (bicyclic) bond motifs is 8. The van der Waals surface area contributed by atoms with Crippen molar-refractivity contribution in [3.63, 3.8) is 0 Å². The molecule has 0 amide bonds. The highest BCUT2D eigenvalue weighted by Gasteiger charge is 2.16. The van der Waals surface area contributed by atoms with Gasteiger partial charge in [-0.15, -0.1) is 0 Å². The van der Waals surface area contributed by atoms with Crippen LogP contribution in [-0.2, 0) is 0 Å². The van der Waals surface area contributed by atoms with Gasteiger partial charge in [0.15, 0.2) is 0 Å². The van der Waals surface area contributed by atoms with E-state index in [0.717, 1.165) is 44.7 Å². The van der Waals surface area contributed by atoms with Crippen LogP contribution in [0.25, 0.3) is 99.2 Å². The van der Waals surface area contributed by atoms with Gasteiger partial charge in [0.2, 0.25) is 5.43 Å². The highest BCUT2D eigenvalue weighted by atomic mass is 16.3. The summed E-state index contributed by atoms with van der Waals surface area (Å²) in [6.07, 6.45) is 0. The summed E-state index contributed by atoms with van der Waals surface area (Å²) in [5, 5.41) is 5.89. The van der Waals surface area contributed by atoms with E-state index in [0.29, 0.717) is 21.9 Å². The first kappa shape index (κ1) is 29.5. The van der Waals surface area contributed by atoms with Gasteiger partial charge in [0, 0.05) is 32.9 Å². The van der Waals surface area contributed by atoms with Crippen molar-refractivity contribution in [2.75, 3.05) is 0 Å². The van der Waals surface area contributed by atoms with E-state index >= 15 is 0 Å². The molecule has 4 heteroatoms. The van der Waals surface area contributed by atoms with Crippen molar-refractivity contribution >= 4 is 65.6 Å². The van der Waals surface area contributed by atoms with Crippen LogP contribution < -0.4 is 5.43 Å². The van der Waals surface area contributed by atoms with Crippen LogP contribution in [0.5, 0.6) is 0 Å². The Morgan fingerprint density at radius 2 is 0.698 bits per heavy atom. The van der Waals surface area contributed by atoms with E-state index in [1.165, 1.54) is 32.6 Å². The summed E-state index contributed by atoms with van der Waals surface area (Å²) in [6.45, 7) is 0. The Balaban J connectivity index is 1.03. The van der Waals surface area contributed by atoms with Crippen molar-refractivity contribution in [2.24, 2.45) is 0 Å². The smallest absolute Gasteiger partial charge is 0.200 e. The number of benzene rings is 8. The van der Waals surface area contributed by atoms with E-state index in [1.807, 2.05) is 48.5 Å². The minimum Gasteiger partial charge on any atom is -0.456 e. The fourth-order valence-corrected chi connectivity index (χ4v) is 8.23. The Hall–Kier alpha value is -7.17. The third-order valence-corrected chi connectivity index (χ3v) is 10.7. The number of nitrogens with zero attached hydrogens (tertiary/aromatic N) is 2. The second-order valence-corrected chi connectivity index (χ2v) is 13.7. The first-order valence-electron chi connectivity index (χ1n) is 17.9. The van der Waals surface area contributed by atoms with E-state index in [2.05, 4.69) is 143 Å². The Morgan fingerprint density at radius 1 is 0.321 bits per heavy atom. The van der Waals surface area contributed by atoms with Gasteiger partial charge in [-0.2, -0.15) is 0 Å². The van der Waals surface area contributed by atoms with E-state index in [4.69, 9.17) is 4.42 Å². The lowest BCUT2D eigenvalue weighted by Gasteiger charge is -2.09. The van der Waals surface area contributed by atoms with Crippen LogP contribution in [0.2, 0.25) is 0 Å². The number of hydrogen-bond acceptors (Lipinski definition) is 2. The van der Waals surface area contributed by atoms with Gasteiger partial charge >= 0.3 is 0 Å². The molecule has 0 radical (unpaired) electrons. The maximum atomic E-state index is 13.8. The molecule has 53 heavy (non-hydrogen) atoms. The molecule has 0 spiro atoms. The largest absolute Gasteiger partial charge is 0.456 e. The standard InChI is InChI=1S/C49H30N2O2/c52-49-39-23-19-33(31-21-25-45-41(27-31)37-15-7-9-17-43(37)50(45)35-11-3-1-4-12-35)29-47(39)53-48-30-34(20-24-40(48)49)32-22-26-46-42(28-32)38-16-8-10-18-44(38)51(46)36-13-5-2-6-14-36/h1-30H. The number of aromatic nitrogens is 2. The SMILES string of the molecule is O=c1c2ccc(-c3ccc4c(c3)c3ccccc3n4-c3ccccc3)cc2oc2cc(-c3ccc4c(c3)c3ccccc3n4-c3ccccc3)ccc12. The predicted molar refractivity (Wildman–Crippen MR) is 220 cm³/mol. The summed E-state index contributed by atoms with van der Waals surface area (Å²) in [6, 6.07) is 63.1. The molecule has 8 aromatic carbocycles. The van der Waals surface area contributed by atoms with Crippen LogP contribution in [0.1, 0.15) is 0 Å². The summed E-state index contributed by atoms with van der Waals surface area (Å²) < 4.78 is 11.2. The maximum absolute atomic E-state index is 13.8. The number of hydrogen-bond donors (Lipinski definition) is 0. The zero-order valence-corrected chi connectivity index (χ0v) is 28.5. The molecule has 0 saturated heterocycles. The number of rotatable bonds is 4. The molecule has 0 aliphatic carbocycles. The van der Waals surface area contributed by atoms with Crippen LogP contribution in [0, 0.1) is 0 Å². The average molecular weight is 679 g/mol. The Bertz CT molecular complexity index is 3080. The molecule has 11 aromatic rings. The molecule has 0 atom stereocenters. The second-order valence-electron chi connectivity index (χ2n) is 13.7. The molecule has 0 N–H and O–H groups in total. The maximum Gasteiger partial charge on any atom is 0.200 e. The highest BCUT2D eigenvalue weighted by molar-refractivity contribution is 6.12. The first-order valence-corrected chi connectivity index (χ1v) is 17.9. The minimum atomic E-state index is -0.0258. The molecule has 3 heterocycles. The van der Waals surface area contributed by atoms with Crippen molar-refractivity contribution in [3.05, 3.63) is 192 Å². The van der Waals surface area contributed by atoms with Crippen LogP contribution in [0.15, 0.2) is 191 Å². The van der Waals surface area contributed by atoms with Gasteiger partial charge in [0.1, 0.15) is 11.2 Å². The summed E-state index contributed by atoms with van der Waals surface area (Å²) in [5.41, 5.74) is 12.1. The minimum absolute atomic E-state index is 0.0258. The summed E-state index contributed by atoms with van der Waals surface area (Å²) in [7, 11) is 0. The molecule has 248 valence electrons. The van der Waals surface area contributed by atoms with Gasteiger partial charge < -0.3 is 13.6 Å². The molecule has 0 fully saturated rings. The van der Waals surface area contributed by atoms with Crippen molar-refractivity contribution in [2.45, 2.75) is 0 Å². The second kappa shape index (κ2) is 11.4. The van der Waals surface area contributed by atoms with Crippen LogP contribution in [0.3, 0.4) is 0 Å². The Labute approximate surface area is 304 Å². The first-order chi connectivity index (χ1) is 26.2. The summed E-state index contributed by atoms with van der Waals surface area (Å²) >= 11 is 0. The molecular weight excluding hydrogens is 649 g/mol. The van der Waals surface area contributed by atoms with Crippen LogP contribution >= 0.6 is 0 Å². The molecule has 0 aliphatic rings. The van der Waals surface area contributed by atoms with E-state index in [1.54, 1.807) is 0 Å². The number of para-hydroxylation sites is 4. The van der Waals surface area contributed by atoms with Gasteiger partial charge in [0.25, 0.3) is 0 Å². The topological polar surface area (TPSA) is 40.1 Å². The quantitative estimate of drug-likeness (QED) is 0.174. The Morgan fingerprint density at radius 3 is 1.17 bits per heavy atom. The molecule has 0 bridgehead atoms. The molecule has 11 rings (SSSR count). The molecule has 3 aromatic heterocycles. The zero-order chi connectivity index (χ0) is 35.0. The van der Waals surface area contributed by atoms with Crippen LogP contribution in [-0.4, -0.2) is 9.13 Å². The lowest BCUT2D eigenvalue weighted by Crippen LogP contribution is -2.02. The van der Waals surface area contributed by atoms with E-state index in [9.17, 15) is 4.79 Å². The van der Waals surface area contributed by atoms with Crippen molar-refractivity contribution in [3.8, 4) is 33.6 Å². The van der Waals surface area contributed by atoms with Crippen LogP contribution in [0.4, 0.5) is 0 Å². The molecule has 0 unspecified atom stereocenters. The van der Waals surface area contributed by atoms with E-state index < -0.39 is 0 Å². The predicted octanol–water partition coefficient (Wildman–Crippen LogP) is 12.5. The highest BCUT2D eigenvalue weighted by Crippen LogP contribution is 2.38. The monoisotopic (exact) mass is 678 g/mol. The molecule has 0 aliphatic heterocycles. The lowest BCUT2D eigenvalue weighted by molar-refractivity contribution is 0.660. The molecule has 0 saturated carbocycles. The lowest BCUT2D eigenvalue weighted by atomic mass is 9.99. The molecular formula is C49H30N2O2. The fraction of sp³-hybridized carbons (Fsp3) is 0. The fourth-order valence-electron chi connectivity index (χ4n) is 8.23. The molecule has 4 nitrogen and oxygen atoms in total. The normalized spacial score (nSPS) is 11.8. The van der Waals surface area contributed by atoms with Crippen molar-refractivity contribution < 1.29 is 4.42 Å². The van der Waals surface area contributed by atoms with Crippen molar-refractivity contribution in [1.29, 1.82) is 0 Å². The van der Waals surface area contributed by atoms with Gasteiger partial charge in [-0.25, -0.2) is 0 Å². The van der Waals surface area contributed by atoms with Gasteiger partial charge in [-0.3, -0.25) is 4.79 Å². The Kier molecular flexibility index (Phi) is 6.37. The van der Waals surface area contributed by atoms with Gasteiger partial charge in [-0.05, 0) is 107 Å². The summed E-state index contributed by atoms with van der Waals surface area (Å²) in [4.78, 5) is 13.8. The van der Waals surface area contributed by atoms with E-state index in [-0.39, 0.29) is 5.43 Å².